The second-order valence-corrected chi connectivity index (χ2v) is 4.41. The largest absolute Gasteiger partial charge is 0.468 e. The first-order valence-corrected chi connectivity index (χ1v) is 6.06. The van der Waals surface area contributed by atoms with Crippen LogP contribution < -0.4 is 5.73 Å². The summed E-state index contributed by atoms with van der Waals surface area (Å²) >= 11 is 1.09. The van der Waals surface area contributed by atoms with Gasteiger partial charge in [-0.25, -0.2) is 4.68 Å². The van der Waals surface area contributed by atoms with Crippen LogP contribution in [-0.4, -0.2) is 49.4 Å². The molecule has 0 aliphatic rings. The van der Waals surface area contributed by atoms with E-state index in [1.165, 1.54) is 17.9 Å². The van der Waals surface area contributed by atoms with Crippen LogP contribution >= 0.6 is 11.8 Å². The highest BCUT2D eigenvalue weighted by Gasteiger charge is 2.13. The first kappa shape index (κ1) is 13.9. The third kappa shape index (κ3) is 3.26. The molecule has 10 nitrogen and oxygen atoms in total. The van der Waals surface area contributed by atoms with E-state index in [9.17, 15) is 9.59 Å². The fourth-order valence-corrected chi connectivity index (χ4v) is 1.84. The van der Waals surface area contributed by atoms with Gasteiger partial charge in [-0.3, -0.25) is 9.59 Å². The Morgan fingerprint density at radius 2 is 2.15 bits per heavy atom. The molecule has 2 heterocycles. The van der Waals surface area contributed by atoms with Crippen LogP contribution in [0.15, 0.2) is 22.3 Å². The highest BCUT2D eigenvalue weighted by molar-refractivity contribution is 7.99. The van der Waals surface area contributed by atoms with Crippen LogP contribution in [0, 0.1) is 0 Å². The molecule has 11 heteroatoms. The molecule has 2 N–H and O–H groups in total. The molecule has 2 aromatic rings. The number of hydrogen-bond acceptors (Lipinski definition) is 9. The minimum Gasteiger partial charge on any atom is -0.468 e. The number of rotatable bonds is 5. The van der Waals surface area contributed by atoms with E-state index in [0.29, 0.717) is 10.2 Å². The van der Waals surface area contributed by atoms with Crippen molar-refractivity contribution in [3.05, 3.63) is 17.8 Å². The number of nitrogens with zero attached hydrogens (tertiary/aromatic N) is 6. The van der Waals surface area contributed by atoms with Crippen LogP contribution in [0.3, 0.4) is 0 Å². The second-order valence-electron chi connectivity index (χ2n) is 3.42. The number of esters is 1. The lowest BCUT2D eigenvalue weighted by molar-refractivity contribution is -0.141. The van der Waals surface area contributed by atoms with Crippen LogP contribution in [-0.2, 0) is 16.1 Å². The molecule has 0 saturated heterocycles. The van der Waals surface area contributed by atoms with E-state index in [1.54, 1.807) is 6.07 Å². The van der Waals surface area contributed by atoms with Crippen LogP contribution in [0.1, 0.15) is 10.5 Å². The summed E-state index contributed by atoms with van der Waals surface area (Å²) < 4.78 is 5.79. The normalized spacial score (nSPS) is 10.2. The zero-order chi connectivity index (χ0) is 14.5. The fraction of sp³-hybridized carbons (Fsp3) is 0.222. The summed E-state index contributed by atoms with van der Waals surface area (Å²) in [6, 6.07) is 2.99. The van der Waals surface area contributed by atoms with Crippen molar-refractivity contribution in [2.75, 3.05) is 7.11 Å². The molecule has 0 aliphatic carbocycles. The average Bonchev–Trinajstić information content (AvgIpc) is 2.86. The summed E-state index contributed by atoms with van der Waals surface area (Å²) in [4.78, 5) is 22.0. The molecule has 0 unspecified atom stereocenters. The Bertz CT molecular complexity index is 627. The number of methoxy groups -OCH3 is 1. The van der Waals surface area contributed by atoms with E-state index in [0.717, 1.165) is 11.8 Å². The summed E-state index contributed by atoms with van der Waals surface area (Å²) in [6.07, 6.45) is 0. The molecule has 0 fully saturated rings. The van der Waals surface area contributed by atoms with Gasteiger partial charge in [0.1, 0.15) is 11.6 Å². The van der Waals surface area contributed by atoms with Crippen LogP contribution in [0.4, 0.5) is 0 Å². The van der Waals surface area contributed by atoms with Crippen LogP contribution in [0.5, 0.6) is 0 Å². The summed E-state index contributed by atoms with van der Waals surface area (Å²) in [7, 11) is 1.27. The van der Waals surface area contributed by atoms with Crippen molar-refractivity contribution < 1.29 is 14.3 Å². The predicted octanol–water partition coefficient (Wildman–Crippen LogP) is -1.11. The van der Waals surface area contributed by atoms with Crippen molar-refractivity contribution in [1.29, 1.82) is 0 Å². The number of tetrazole rings is 1. The molecule has 0 atom stereocenters. The maximum Gasteiger partial charge on any atom is 0.327 e. The van der Waals surface area contributed by atoms with Gasteiger partial charge in [0.15, 0.2) is 5.69 Å². The lowest BCUT2D eigenvalue weighted by atomic mass is 10.4. The van der Waals surface area contributed by atoms with Gasteiger partial charge < -0.3 is 10.5 Å². The van der Waals surface area contributed by atoms with Crippen molar-refractivity contribution in [1.82, 2.24) is 30.4 Å². The number of carbonyl (C=O) groups is 2. The van der Waals surface area contributed by atoms with Gasteiger partial charge in [-0.05, 0) is 34.3 Å². The van der Waals surface area contributed by atoms with Gasteiger partial charge in [0.05, 0.1) is 7.11 Å². The maximum atomic E-state index is 11.2. The predicted molar refractivity (Wildman–Crippen MR) is 64.5 cm³/mol. The molecule has 0 aromatic carbocycles. The summed E-state index contributed by atoms with van der Waals surface area (Å²) in [6.45, 7) is -0.112. The zero-order valence-corrected chi connectivity index (χ0v) is 11.1. The number of hydrogen-bond donors (Lipinski definition) is 1. The average molecular weight is 295 g/mol. The Labute approximate surface area is 116 Å². The number of amides is 1. The highest BCUT2D eigenvalue weighted by atomic mass is 32.2. The molecule has 0 bridgehead atoms. The van der Waals surface area contributed by atoms with Crippen molar-refractivity contribution in [2.24, 2.45) is 5.73 Å². The van der Waals surface area contributed by atoms with Gasteiger partial charge in [0.2, 0.25) is 5.16 Å². The minimum absolute atomic E-state index is 0.0588. The van der Waals surface area contributed by atoms with Gasteiger partial charge in [-0.15, -0.1) is 15.3 Å². The number of aromatic nitrogens is 6. The topological polar surface area (TPSA) is 139 Å². The first-order valence-electron chi connectivity index (χ1n) is 5.24. The summed E-state index contributed by atoms with van der Waals surface area (Å²) in [5, 5.41) is 19.1. The van der Waals surface area contributed by atoms with Crippen molar-refractivity contribution in [3.8, 4) is 0 Å². The standard InChI is InChI=1S/C9H9N7O3S/c1-19-7(17)4-16-9(13-14-15-16)20-6-3-2-5(8(10)18)11-12-6/h2-3H,4H2,1H3,(H2,10,18). The molecule has 20 heavy (non-hydrogen) atoms. The summed E-state index contributed by atoms with van der Waals surface area (Å²) in [5.74, 6) is -1.14. The molecular weight excluding hydrogens is 286 g/mol. The van der Waals surface area contributed by atoms with E-state index >= 15 is 0 Å². The summed E-state index contributed by atoms with van der Waals surface area (Å²) in [5.41, 5.74) is 5.12. The van der Waals surface area contributed by atoms with Gasteiger partial charge in [0, 0.05) is 0 Å². The van der Waals surface area contributed by atoms with Crippen molar-refractivity contribution in [3.63, 3.8) is 0 Å². The molecule has 1 amide bonds. The molecule has 0 spiro atoms. The minimum atomic E-state index is -0.662. The number of primary amides is 1. The van der Waals surface area contributed by atoms with Crippen molar-refractivity contribution >= 4 is 23.6 Å². The van der Waals surface area contributed by atoms with E-state index in [4.69, 9.17) is 5.73 Å². The van der Waals surface area contributed by atoms with Gasteiger partial charge in [-0.2, -0.15) is 0 Å². The quantitative estimate of drug-likeness (QED) is 0.679. The van der Waals surface area contributed by atoms with Crippen molar-refractivity contribution in [2.45, 2.75) is 16.7 Å². The molecule has 0 radical (unpaired) electrons. The molecule has 2 aromatic heterocycles. The second kappa shape index (κ2) is 6.06. The van der Waals surface area contributed by atoms with Gasteiger partial charge in [-0.1, -0.05) is 0 Å². The Morgan fingerprint density at radius 3 is 2.75 bits per heavy atom. The Kier molecular flexibility index (Phi) is 4.20. The van der Waals surface area contributed by atoms with Crippen LogP contribution in [0.2, 0.25) is 0 Å². The SMILES string of the molecule is COC(=O)Cn1nnnc1Sc1ccc(C(N)=O)nn1. The molecule has 0 aliphatic heterocycles. The van der Waals surface area contributed by atoms with Gasteiger partial charge in [0.25, 0.3) is 5.91 Å². The number of nitrogens with two attached hydrogens (primary N) is 1. The first-order chi connectivity index (χ1) is 9.60. The molecule has 104 valence electrons. The monoisotopic (exact) mass is 295 g/mol. The highest BCUT2D eigenvalue weighted by Crippen LogP contribution is 2.22. The lowest BCUT2D eigenvalue weighted by Gasteiger charge is -2.02. The van der Waals surface area contributed by atoms with E-state index < -0.39 is 11.9 Å². The number of ether oxygens (including phenoxy) is 1. The lowest BCUT2D eigenvalue weighted by Crippen LogP contribution is -2.14. The maximum absolute atomic E-state index is 11.2. The van der Waals surface area contributed by atoms with E-state index in [2.05, 4.69) is 30.5 Å². The smallest absolute Gasteiger partial charge is 0.327 e. The third-order valence-electron chi connectivity index (χ3n) is 2.09. The third-order valence-corrected chi connectivity index (χ3v) is 3.00. The van der Waals surface area contributed by atoms with Crippen LogP contribution in [0.25, 0.3) is 0 Å². The van der Waals surface area contributed by atoms with Gasteiger partial charge >= 0.3 is 5.97 Å². The Hall–Kier alpha value is -2.56. The molecule has 2 rings (SSSR count). The molecular formula is C9H9N7O3S. The fourth-order valence-electron chi connectivity index (χ4n) is 1.16. The van der Waals surface area contributed by atoms with E-state index in [-0.39, 0.29) is 12.2 Å². The zero-order valence-electron chi connectivity index (χ0n) is 10.3. The van der Waals surface area contributed by atoms with E-state index in [1.807, 2.05) is 0 Å². The molecule has 0 saturated carbocycles. The number of carbonyl (C=O) groups excluding carboxylic acids is 2. The Morgan fingerprint density at radius 1 is 1.35 bits per heavy atom. The Balaban J connectivity index is 2.12.